The fraction of sp³-hybridized carbons (Fsp3) is 0. The maximum absolute atomic E-state index is 10.5. The highest BCUT2D eigenvalue weighted by Gasteiger charge is 2.03. The first-order chi connectivity index (χ1) is 7.56. The molecule has 5 nitrogen and oxygen atoms in total. The zero-order chi connectivity index (χ0) is 11.7. The van der Waals surface area contributed by atoms with E-state index in [1.807, 2.05) is 0 Å². The normalized spacial score (nSPS) is 12.6. The summed E-state index contributed by atoms with van der Waals surface area (Å²) in [6.07, 6.45) is 0. The summed E-state index contributed by atoms with van der Waals surface area (Å²) < 4.78 is 21.5. The van der Waals surface area contributed by atoms with Crippen LogP contribution in [0.25, 0.3) is 10.8 Å². The van der Waals surface area contributed by atoms with Crippen molar-refractivity contribution in [3.63, 3.8) is 0 Å². The summed E-state index contributed by atoms with van der Waals surface area (Å²) in [5.74, 6) is -0.422. The van der Waals surface area contributed by atoms with Gasteiger partial charge in [-0.2, -0.15) is 0 Å². The number of aromatic hydroxyl groups is 2. The van der Waals surface area contributed by atoms with Crippen molar-refractivity contribution in [2.45, 2.75) is 0 Å². The van der Waals surface area contributed by atoms with Crippen LogP contribution in [0, 0.1) is 0 Å². The Morgan fingerprint density at radius 2 is 1.62 bits per heavy atom. The molecule has 2 aromatic carbocycles. The third kappa shape index (κ3) is 2.07. The van der Waals surface area contributed by atoms with Crippen LogP contribution in [0.2, 0.25) is 0 Å². The Labute approximate surface area is 93.8 Å². The number of hydrogen-bond acceptors (Lipinski definition) is 3. The van der Waals surface area contributed by atoms with Crippen LogP contribution in [0.15, 0.2) is 30.3 Å². The average molecular weight is 239 g/mol. The number of phenolic OH excluding ortho intramolecular Hbond substituents is 2. The lowest BCUT2D eigenvalue weighted by molar-refractivity contribution is 0.405. The van der Waals surface area contributed by atoms with Crippen molar-refractivity contribution in [2.75, 3.05) is 4.72 Å². The van der Waals surface area contributed by atoms with Gasteiger partial charge in [0.15, 0.2) is 11.5 Å². The number of fused-ring (bicyclic) bond motifs is 1. The fourth-order valence-electron chi connectivity index (χ4n) is 1.44. The van der Waals surface area contributed by atoms with Crippen LogP contribution in [-0.2, 0) is 11.3 Å². The number of nitrogens with one attached hydrogen (secondary N) is 1. The highest BCUT2D eigenvalue weighted by Crippen LogP contribution is 2.31. The van der Waals surface area contributed by atoms with E-state index in [0.717, 1.165) is 5.39 Å². The van der Waals surface area contributed by atoms with E-state index in [2.05, 4.69) is 4.72 Å². The second-order valence-corrected chi connectivity index (χ2v) is 3.96. The lowest BCUT2D eigenvalue weighted by Gasteiger charge is -2.05. The molecule has 0 aromatic heterocycles. The van der Waals surface area contributed by atoms with E-state index in [0.29, 0.717) is 11.1 Å². The quantitative estimate of drug-likeness (QED) is 0.475. The molecule has 0 saturated heterocycles. The average Bonchev–Trinajstić information content (AvgIpc) is 2.19. The molecule has 84 valence electrons. The van der Waals surface area contributed by atoms with Crippen molar-refractivity contribution in [3.8, 4) is 11.5 Å². The molecule has 0 bridgehead atoms. The molecular weight excluding hydrogens is 230 g/mol. The Balaban J connectivity index is 2.53. The fourth-order valence-corrected chi connectivity index (χ4v) is 1.77. The van der Waals surface area contributed by atoms with Crippen molar-refractivity contribution in [1.29, 1.82) is 0 Å². The molecule has 0 aliphatic carbocycles. The second-order valence-electron chi connectivity index (χ2n) is 3.25. The third-order valence-corrected chi connectivity index (χ3v) is 2.55. The molecule has 0 aliphatic heterocycles. The van der Waals surface area contributed by atoms with Crippen LogP contribution in [0.5, 0.6) is 11.5 Å². The number of phenols is 2. The summed E-state index contributed by atoms with van der Waals surface area (Å²) in [4.78, 5) is 0. The summed E-state index contributed by atoms with van der Waals surface area (Å²) in [7, 11) is 0. The highest BCUT2D eigenvalue weighted by atomic mass is 32.2. The van der Waals surface area contributed by atoms with Gasteiger partial charge in [0.05, 0.1) is 0 Å². The lowest BCUT2D eigenvalue weighted by atomic mass is 10.1. The van der Waals surface area contributed by atoms with Gasteiger partial charge in [0, 0.05) is 5.69 Å². The molecule has 6 heteroatoms. The smallest absolute Gasteiger partial charge is 0.259 e. The third-order valence-electron chi connectivity index (χ3n) is 2.14. The van der Waals surface area contributed by atoms with E-state index in [-0.39, 0.29) is 11.5 Å². The van der Waals surface area contributed by atoms with Gasteiger partial charge in [0.2, 0.25) is 0 Å². The van der Waals surface area contributed by atoms with Crippen molar-refractivity contribution < 1.29 is 19.0 Å². The molecule has 0 radical (unpaired) electrons. The Hall–Kier alpha value is -1.79. The molecule has 4 N–H and O–H groups in total. The van der Waals surface area contributed by atoms with Gasteiger partial charge in [-0.25, -0.2) is 4.21 Å². The van der Waals surface area contributed by atoms with Crippen LogP contribution in [0.4, 0.5) is 5.69 Å². The van der Waals surface area contributed by atoms with E-state index in [1.54, 1.807) is 18.2 Å². The maximum Gasteiger partial charge on any atom is 0.259 e. The van der Waals surface area contributed by atoms with Crippen LogP contribution in [0.1, 0.15) is 0 Å². The van der Waals surface area contributed by atoms with Gasteiger partial charge >= 0.3 is 0 Å². The number of benzene rings is 2. The first-order valence-corrected chi connectivity index (χ1v) is 5.50. The molecule has 16 heavy (non-hydrogen) atoms. The lowest BCUT2D eigenvalue weighted by Crippen LogP contribution is -2.01. The van der Waals surface area contributed by atoms with Gasteiger partial charge in [-0.15, -0.1) is 0 Å². The molecule has 2 aromatic rings. The van der Waals surface area contributed by atoms with Gasteiger partial charge in [0.25, 0.3) is 11.3 Å². The minimum absolute atomic E-state index is 0.195. The van der Waals surface area contributed by atoms with E-state index < -0.39 is 11.3 Å². The number of hydrogen-bond donors (Lipinski definition) is 4. The first-order valence-electron chi connectivity index (χ1n) is 4.39. The number of rotatable bonds is 2. The largest absolute Gasteiger partial charge is 0.504 e. The Bertz CT molecular complexity index is 570. The first kappa shape index (κ1) is 10.7. The van der Waals surface area contributed by atoms with Gasteiger partial charge in [0.1, 0.15) is 0 Å². The van der Waals surface area contributed by atoms with Gasteiger partial charge in [-0.3, -0.25) is 9.27 Å². The van der Waals surface area contributed by atoms with Crippen LogP contribution in [-0.4, -0.2) is 19.0 Å². The molecule has 0 saturated carbocycles. The standard InChI is InChI=1S/C10H9NO4S/c12-9-4-6-1-2-8(11-16(14)15)3-7(6)5-10(9)13/h1-5,11-13H,(H,14,15). The van der Waals surface area contributed by atoms with Crippen LogP contribution in [0.3, 0.4) is 0 Å². The topological polar surface area (TPSA) is 89.8 Å². The van der Waals surface area contributed by atoms with E-state index >= 15 is 0 Å². The summed E-state index contributed by atoms with van der Waals surface area (Å²) in [6.45, 7) is 0. The Morgan fingerprint density at radius 3 is 2.25 bits per heavy atom. The molecule has 0 spiro atoms. The summed E-state index contributed by atoms with van der Waals surface area (Å²) >= 11 is -2.13. The summed E-state index contributed by atoms with van der Waals surface area (Å²) in [5.41, 5.74) is 0.457. The minimum atomic E-state index is -2.13. The maximum atomic E-state index is 10.5. The van der Waals surface area contributed by atoms with Crippen molar-refractivity contribution in [2.24, 2.45) is 0 Å². The van der Waals surface area contributed by atoms with Crippen molar-refractivity contribution in [1.82, 2.24) is 0 Å². The van der Waals surface area contributed by atoms with Gasteiger partial charge in [-0.1, -0.05) is 6.07 Å². The molecular formula is C10H9NO4S. The minimum Gasteiger partial charge on any atom is -0.504 e. The van der Waals surface area contributed by atoms with Crippen molar-refractivity contribution >= 4 is 27.7 Å². The molecule has 1 atom stereocenters. The van der Waals surface area contributed by atoms with Crippen molar-refractivity contribution in [3.05, 3.63) is 30.3 Å². The van der Waals surface area contributed by atoms with Crippen LogP contribution >= 0.6 is 0 Å². The van der Waals surface area contributed by atoms with E-state index in [4.69, 9.17) is 4.55 Å². The van der Waals surface area contributed by atoms with Gasteiger partial charge < -0.3 is 10.2 Å². The predicted molar refractivity (Wildman–Crippen MR) is 61.7 cm³/mol. The summed E-state index contributed by atoms with van der Waals surface area (Å²) in [5, 5.41) is 20.0. The van der Waals surface area contributed by atoms with E-state index in [9.17, 15) is 14.4 Å². The number of anilines is 1. The molecule has 0 fully saturated rings. The zero-order valence-corrected chi connectivity index (χ0v) is 8.86. The predicted octanol–water partition coefficient (Wildman–Crippen LogP) is 1.80. The molecule has 0 aliphatic rings. The summed E-state index contributed by atoms with van der Waals surface area (Å²) in [6, 6.07) is 7.68. The molecule has 1 unspecified atom stereocenters. The molecule has 0 amide bonds. The second kappa shape index (κ2) is 3.99. The monoisotopic (exact) mass is 239 g/mol. The van der Waals surface area contributed by atoms with Gasteiger partial charge in [-0.05, 0) is 35.0 Å². The SMILES string of the molecule is O=S(O)Nc1ccc2cc(O)c(O)cc2c1. The molecule has 0 heterocycles. The van der Waals surface area contributed by atoms with Crippen LogP contribution < -0.4 is 4.72 Å². The Kier molecular flexibility index (Phi) is 2.67. The zero-order valence-electron chi connectivity index (χ0n) is 8.04. The highest BCUT2D eigenvalue weighted by molar-refractivity contribution is 7.80. The Morgan fingerprint density at radius 1 is 1.00 bits per heavy atom. The molecule has 2 rings (SSSR count). The van der Waals surface area contributed by atoms with E-state index in [1.165, 1.54) is 12.1 Å².